The number of rotatable bonds is 1. The van der Waals surface area contributed by atoms with Gasteiger partial charge in [0.2, 0.25) is 0 Å². The molecule has 0 atom stereocenters. The van der Waals surface area contributed by atoms with Gasteiger partial charge in [0.15, 0.2) is 0 Å². The van der Waals surface area contributed by atoms with Crippen molar-refractivity contribution in [3.63, 3.8) is 0 Å². The Bertz CT molecular complexity index is 433. The molecule has 88 valence electrons. The third-order valence-electron chi connectivity index (χ3n) is 3.41. The van der Waals surface area contributed by atoms with Crippen LogP contribution in [0.15, 0.2) is 10.5 Å². The van der Waals surface area contributed by atoms with Gasteiger partial charge in [0.25, 0.3) is 0 Å². The second kappa shape index (κ2) is 3.76. The molecule has 1 heterocycles. The second-order valence-corrected chi connectivity index (χ2v) is 6.46. The van der Waals surface area contributed by atoms with Crippen molar-refractivity contribution in [3.8, 4) is 5.75 Å². The molecule has 1 nitrogen and oxygen atoms in total. The van der Waals surface area contributed by atoms with Gasteiger partial charge < -0.3 is 4.74 Å². The maximum absolute atomic E-state index is 5.92. The van der Waals surface area contributed by atoms with E-state index in [2.05, 4.69) is 56.6 Å². The van der Waals surface area contributed by atoms with Crippen LogP contribution in [-0.4, -0.2) is 6.61 Å². The van der Waals surface area contributed by atoms with Gasteiger partial charge >= 0.3 is 0 Å². The van der Waals surface area contributed by atoms with E-state index in [0.717, 1.165) is 12.4 Å². The molecule has 1 aromatic carbocycles. The number of fused-ring (bicyclic) bond motifs is 1. The Kier molecular flexibility index (Phi) is 2.82. The first-order valence-electron chi connectivity index (χ1n) is 5.81. The van der Waals surface area contributed by atoms with Crippen molar-refractivity contribution in [2.24, 2.45) is 0 Å². The lowest BCUT2D eigenvalue weighted by atomic mass is 9.83. The lowest BCUT2D eigenvalue weighted by molar-refractivity contribution is 0.288. The second-order valence-electron chi connectivity index (χ2n) is 5.60. The summed E-state index contributed by atoms with van der Waals surface area (Å²) in [7, 11) is 0. The van der Waals surface area contributed by atoms with E-state index in [0.29, 0.717) is 5.92 Å². The zero-order valence-electron chi connectivity index (χ0n) is 10.6. The first-order valence-corrected chi connectivity index (χ1v) is 6.60. The molecule has 2 rings (SSSR count). The SMILES string of the molecule is Cc1c(Br)cc2c(c1C(C)C)OCC2(C)C. The van der Waals surface area contributed by atoms with Crippen LogP contribution in [0.1, 0.15) is 50.3 Å². The average Bonchev–Trinajstić information content (AvgIpc) is 2.44. The van der Waals surface area contributed by atoms with E-state index >= 15 is 0 Å². The summed E-state index contributed by atoms with van der Waals surface area (Å²) in [5.74, 6) is 1.63. The minimum Gasteiger partial charge on any atom is -0.492 e. The first-order chi connectivity index (χ1) is 7.34. The first kappa shape index (κ1) is 12.0. The minimum absolute atomic E-state index is 0.134. The van der Waals surface area contributed by atoms with E-state index in [1.54, 1.807) is 0 Å². The lowest BCUT2D eigenvalue weighted by Gasteiger charge is -2.19. The van der Waals surface area contributed by atoms with E-state index in [9.17, 15) is 0 Å². The largest absolute Gasteiger partial charge is 0.492 e. The molecule has 0 saturated carbocycles. The fourth-order valence-corrected chi connectivity index (χ4v) is 2.87. The van der Waals surface area contributed by atoms with Gasteiger partial charge in [-0.15, -0.1) is 0 Å². The summed E-state index contributed by atoms with van der Waals surface area (Å²) in [4.78, 5) is 0. The van der Waals surface area contributed by atoms with Crippen LogP contribution in [0.3, 0.4) is 0 Å². The molecule has 0 bridgehead atoms. The molecule has 0 aromatic heterocycles. The van der Waals surface area contributed by atoms with Crippen molar-refractivity contribution in [1.82, 2.24) is 0 Å². The minimum atomic E-state index is 0.134. The summed E-state index contributed by atoms with van der Waals surface area (Å²) in [5.41, 5.74) is 4.14. The van der Waals surface area contributed by atoms with Gasteiger partial charge in [-0.1, -0.05) is 43.6 Å². The van der Waals surface area contributed by atoms with Crippen LogP contribution in [0.25, 0.3) is 0 Å². The summed E-state index contributed by atoms with van der Waals surface area (Å²) < 4.78 is 7.12. The van der Waals surface area contributed by atoms with Crippen molar-refractivity contribution < 1.29 is 4.74 Å². The Balaban J connectivity index is 2.72. The number of halogens is 1. The Labute approximate surface area is 106 Å². The van der Waals surface area contributed by atoms with Gasteiger partial charge in [-0.05, 0) is 24.5 Å². The summed E-state index contributed by atoms with van der Waals surface area (Å²) in [6, 6.07) is 2.23. The lowest BCUT2D eigenvalue weighted by Crippen LogP contribution is -2.18. The highest BCUT2D eigenvalue weighted by atomic mass is 79.9. The Morgan fingerprint density at radius 3 is 2.56 bits per heavy atom. The fraction of sp³-hybridized carbons (Fsp3) is 0.571. The molecule has 1 aliphatic rings. The molecule has 0 unspecified atom stereocenters. The maximum atomic E-state index is 5.92. The van der Waals surface area contributed by atoms with Gasteiger partial charge in [-0.2, -0.15) is 0 Å². The molecule has 2 heteroatoms. The molecule has 0 fully saturated rings. The quantitative estimate of drug-likeness (QED) is 0.734. The molecule has 16 heavy (non-hydrogen) atoms. The Hall–Kier alpha value is -0.500. The van der Waals surface area contributed by atoms with Crippen LogP contribution >= 0.6 is 15.9 Å². The predicted molar refractivity (Wildman–Crippen MR) is 71.5 cm³/mol. The average molecular weight is 283 g/mol. The van der Waals surface area contributed by atoms with Crippen molar-refractivity contribution in [2.75, 3.05) is 6.61 Å². The monoisotopic (exact) mass is 282 g/mol. The molecular weight excluding hydrogens is 264 g/mol. The van der Waals surface area contributed by atoms with E-state index in [4.69, 9.17) is 4.74 Å². The normalized spacial score (nSPS) is 17.4. The van der Waals surface area contributed by atoms with Crippen LogP contribution in [0.2, 0.25) is 0 Å². The molecule has 1 aromatic rings. The summed E-state index contributed by atoms with van der Waals surface area (Å²) in [6.07, 6.45) is 0. The van der Waals surface area contributed by atoms with E-state index in [1.807, 2.05) is 0 Å². The molecule has 0 N–H and O–H groups in total. The number of hydrogen-bond donors (Lipinski definition) is 0. The molecule has 0 radical (unpaired) electrons. The van der Waals surface area contributed by atoms with E-state index < -0.39 is 0 Å². The smallest absolute Gasteiger partial charge is 0.126 e. The standard InChI is InChI=1S/C14H19BrO/c1-8(2)12-9(3)11(15)6-10-13(12)16-7-14(10,4)5/h6,8H,7H2,1-5H3. The van der Waals surface area contributed by atoms with Crippen molar-refractivity contribution >= 4 is 15.9 Å². The number of benzene rings is 1. The third kappa shape index (κ3) is 1.67. The zero-order valence-corrected chi connectivity index (χ0v) is 12.2. The summed E-state index contributed by atoms with van der Waals surface area (Å²) >= 11 is 3.66. The van der Waals surface area contributed by atoms with Crippen LogP contribution in [0.4, 0.5) is 0 Å². The van der Waals surface area contributed by atoms with Crippen molar-refractivity contribution in [1.29, 1.82) is 0 Å². The van der Waals surface area contributed by atoms with Gasteiger partial charge in [-0.25, -0.2) is 0 Å². The van der Waals surface area contributed by atoms with Crippen LogP contribution in [-0.2, 0) is 5.41 Å². The maximum Gasteiger partial charge on any atom is 0.126 e. The highest BCUT2D eigenvalue weighted by Crippen LogP contribution is 2.46. The van der Waals surface area contributed by atoms with Crippen molar-refractivity contribution in [2.45, 2.75) is 46.0 Å². The Morgan fingerprint density at radius 1 is 1.38 bits per heavy atom. The van der Waals surface area contributed by atoms with Crippen LogP contribution in [0, 0.1) is 6.92 Å². The zero-order chi connectivity index (χ0) is 12.1. The topological polar surface area (TPSA) is 9.23 Å². The van der Waals surface area contributed by atoms with Crippen LogP contribution in [0.5, 0.6) is 5.75 Å². The van der Waals surface area contributed by atoms with Crippen molar-refractivity contribution in [3.05, 3.63) is 27.2 Å². The molecule has 0 amide bonds. The van der Waals surface area contributed by atoms with Gasteiger partial charge in [-0.3, -0.25) is 0 Å². The predicted octanol–water partition coefficient (Wildman–Crippen LogP) is 4.55. The highest BCUT2D eigenvalue weighted by molar-refractivity contribution is 9.10. The third-order valence-corrected chi connectivity index (χ3v) is 4.23. The van der Waals surface area contributed by atoms with Gasteiger partial charge in [0.05, 0.1) is 6.61 Å². The van der Waals surface area contributed by atoms with Gasteiger partial charge in [0, 0.05) is 21.0 Å². The molecule has 1 aliphatic heterocycles. The molecular formula is C14H19BrO. The van der Waals surface area contributed by atoms with E-state index in [-0.39, 0.29) is 5.41 Å². The molecule has 0 aliphatic carbocycles. The molecule has 0 spiro atoms. The summed E-state index contributed by atoms with van der Waals surface area (Å²) in [6.45, 7) is 11.9. The highest BCUT2D eigenvalue weighted by Gasteiger charge is 2.35. The molecule has 0 saturated heterocycles. The number of ether oxygens (including phenoxy) is 1. The van der Waals surface area contributed by atoms with E-state index in [1.165, 1.54) is 21.2 Å². The Morgan fingerprint density at radius 2 is 2.00 bits per heavy atom. The number of hydrogen-bond acceptors (Lipinski definition) is 1. The van der Waals surface area contributed by atoms with Gasteiger partial charge in [0.1, 0.15) is 5.75 Å². The fourth-order valence-electron chi connectivity index (χ4n) is 2.43. The summed E-state index contributed by atoms with van der Waals surface area (Å²) in [5, 5.41) is 0. The van der Waals surface area contributed by atoms with Crippen LogP contribution < -0.4 is 4.74 Å².